The van der Waals surface area contributed by atoms with E-state index >= 15 is 0 Å². The van der Waals surface area contributed by atoms with Gasteiger partial charge in [-0.05, 0) is 31.0 Å². The van der Waals surface area contributed by atoms with Crippen LogP contribution in [0.4, 0.5) is 0 Å². The van der Waals surface area contributed by atoms with Gasteiger partial charge in [-0.15, -0.1) is 0 Å². The van der Waals surface area contributed by atoms with Crippen LogP contribution in [0.15, 0.2) is 66.9 Å². The molecule has 0 fully saturated rings. The maximum absolute atomic E-state index is 12.6. The summed E-state index contributed by atoms with van der Waals surface area (Å²) in [5.74, 6) is -0.348. The fourth-order valence-electron chi connectivity index (χ4n) is 3.67. The number of hydrogen-bond acceptors (Lipinski definition) is 3. The molecule has 2 aromatic heterocycles. The molecule has 2 aromatic carbocycles. The Morgan fingerprint density at radius 1 is 1.03 bits per heavy atom. The van der Waals surface area contributed by atoms with Crippen molar-refractivity contribution in [3.8, 4) is 11.3 Å². The molecular formula is C24H25N3O2. The highest BCUT2D eigenvalue weighted by Gasteiger charge is 2.20. The monoisotopic (exact) mass is 387 g/mol. The molecule has 0 bridgehead atoms. The number of aryl methyl sites for hydroxylation is 1. The smallest absolute Gasteiger partial charge is 0.356 e. The fraction of sp³-hybridized carbons (Fsp3) is 0.250. The summed E-state index contributed by atoms with van der Waals surface area (Å²) in [5.41, 5.74) is 4.56. The quantitative estimate of drug-likeness (QED) is 0.413. The van der Waals surface area contributed by atoms with Gasteiger partial charge >= 0.3 is 5.97 Å². The zero-order chi connectivity index (χ0) is 20.2. The Kier molecular flexibility index (Phi) is 5.47. The molecule has 0 unspecified atom stereocenters. The number of benzene rings is 2. The van der Waals surface area contributed by atoms with Crippen LogP contribution in [-0.2, 0) is 17.8 Å². The minimum atomic E-state index is -0.348. The molecule has 0 amide bonds. The van der Waals surface area contributed by atoms with Crippen molar-refractivity contribution < 1.29 is 9.53 Å². The summed E-state index contributed by atoms with van der Waals surface area (Å²) < 4.78 is 9.28. The second-order valence-electron chi connectivity index (χ2n) is 7.03. The summed E-state index contributed by atoms with van der Waals surface area (Å²) in [7, 11) is 0. The lowest BCUT2D eigenvalue weighted by atomic mass is 10.1. The maximum atomic E-state index is 12.6. The Bertz CT molecular complexity index is 1130. The lowest BCUT2D eigenvalue weighted by Gasteiger charge is -2.06. The number of carbonyl (C=O) groups excluding carboxylic acids is 1. The van der Waals surface area contributed by atoms with E-state index in [0.29, 0.717) is 18.8 Å². The van der Waals surface area contributed by atoms with E-state index in [1.54, 1.807) is 4.68 Å². The van der Waals surface area contributed by atoms with E-state index in [0.717, 1.165) is 35.2 Å². The number of fused-ring (bicyclic) bond motifs is 1. The van der Waals surface area contributed by atoms with Gasteiger partial charge in [0, 0.05) is 29.2 Å². The molecule has 0 aliphatic rings. The Labute approximate surface area is 170 Å². The minimum Gasteiger partial charge on any atom is -0.461 e. The van der Waals surface area contributed by atoms with Crippen LogP contribution in [0.3, 0.4) is 0 Å². The average molecular weight is 387 g/mol. The highest BCUT2D eigenvalue weighted by molar-refractivity contribution is 5.97. The van der Waals surface area contributed by atoms with E-state index in [2.05, 4.69) is 35.9 Å². The molecule has 0 atom stereocenters. The van der Waals surface area contributed by atoms with Crippen LogP contribution in [0.5, 0.6) is 0 Å². The third-order valence-electron chi connectivity index (χ3n) is 4.97. The van der Waals surface area contributed by atoms with Gasteiger partial charge in [-0.2, -0.15) is 5.10 Å². The van der Waals surface area contributed by atoms with E-state index in [1.807, 2.05) is 49.4 Å². The van der Waals surface area contributed by atoms with Crippen molar-refractivity contribution in [1.82, 2.24) is 14.3 Å². The third-order valence-corrected chi connectivity index (χ3v) is 4.97. The highest BCUT2D eigenvalue weighted by atomic mass is 16.5. The number of hydrogen-bond donors (Lipinski definition) is 0. The third kappa shape index (κ3) is 3.81. The van der Waals surface area contributed by atoms with Crippen LogP contribution in [0.1, 0.15) is 36.3 Å². The molecule has 0 aliphatic heterocycles. The van der Waals surface area contributed by atoms with Crippen molar-refractivity contribution in [3.05, 3.63) is 78.1 Å². The van der Waals surface area contributed by atoms with Crippen LogP contribution in [-0.4, -0.2) is 26.9 Å². The molecule has 0 N–H and O–H groups in total. The summed E-state index contributed by atoms with van der Waals surface area (Å²) in [6.45, 7) is 5.77. The van der Waals surface area contributed by atoms with Crippen LogP contribution >= 0.6 is 0 Å². The first-order chi connectivity index (χ1) is 14.2. The molecule has 0 radical (unpaired) electrons. The van der Waals surface area contributed by atoms with Gasteiger partial charge in [-0.25, -0.2) is 4.79 Å². The summed E-state index contributed by atoms with van der Waals surface area (Å²) in [6, 6.07) is 20.2. The Morgan fingerprint density at radius 2 is 1.79 bits per heavy atom. The van der Waals surface area contributed by atoms with Crippen LogP contribution in [0.25, 0.3) is 22.2 Å². The van der Waals surface area contributed by atoms with Gasteiger partial charge in [0.25, 0.3) is 0 Å². The van der Waals surface area contributed by atoms with Gasteiger partial charge in [0.1, 0.15) is 5.69 Å². The normalized spacial score (nSPS) is 11.1. The second-order valence-corrected chi connectivity index (χ2v) is 7.03. The summed E-state index contributed by atoms with van der Waals surface area (Å²) in [4.78, 5) is 12.6. The van der Waals surface area contributed by atoms with Crippen LogP contribution in [0.2, 0.25) is 0 Å². The van der Waals surface area contributed by atoms with E-state index in [1.165, 1.54) is 5.52 Å². The molecule has 29 heavy (non-hydrogen) atoms. The van der Waals surface area contributed by atoms with E-state index in [4.69, 9.17) is 9.84 Å². The average Bonchev–Trinajstić information content (AvgIpc) is 3.31. The lowest BCUT2D eigenvalue weighted by Crippen LogP contribution is -2.14. The van der Waals surface area contributed by atoms with Crippen molar-refractivity contribution in [2.75, 3.05) is 6.61 Å². The SMILES string of the molecule is CCCn1cc(-c2cc(C(=O)OCC)n(Cc3ccccc3)n2)c2ccccc21. The van der Waals surface area contributed by atoms with Gasteiger partial charge in [0.05, 0.1) is 18.8 Å². The molecule has 0 saturated carbocycles. The Balaban J connectivity index is 1.81. The molecular weight excluding hydrogens is 362 g/mol. The van der Waals surface area contributed by atoms with Crippen molar-refractivity contribution in [2.45, 2.75) is 33.4 Å². The van der Waals surface area contributed by atoms with Crippen molar-refractivity contribution in [2.24, 2.45) is 0 Å². The molecule has 0 aliphatic carbocycles. The first-order valence-electron chi connectivity index (χ1n) is 10.1. The fourth-order valence-corrected chi connectivity index (χ4v) is 3.67. The number of para-hydroxylation sites is 1. The zero-order valence-corrected chi connectivity index (χ0v) is 16.8. The van der Waals surface area contributed by atoms with Crippen molar-refractivity contribution in [1.29, 1.82) is 0 Å². The van der Waals surface area contributed by atoms with Crippen molar-refractivity contribution in [3.63, 3.8) is 0 Å². The van der Waals surface area contributed by atoms with Crippen LogP contribution < -0.4 is 0 Å². The predicted molar refractivity (Wildman–Crippen MR) is 115 cm³/mol. The highest BCUT2D eigenvalue weighted by Crippen LogP contribution is 2.31. The number of rotatable bonds is 7. The largest absolute Gasteiger partial charge is 0.461 e. The number of carbonyl (C=O) groups is 1. The molecule has 148 valence electrons. The standard InChI is InChI=1S/C24H25N3O2/c1-3-14-26-17-20(19-12-8-9-13-22(19)26)21-15-23(24(28)29-4-2)27(25-21)16-18-10-6-5-7-11-18/h5-13,15,17H,3-4,14,16H2,1-2H3. The molecule has 0 spiro atoms. The maximum Gasteiger partial charge on any atom is 0.356 e. The van der Waals surface area contributed by atoms with Crippen molar-refractivity contribution >= 4 is 16.9 Å². The summed E-state index contributed by atoms with van der Waals surface area (Å²) >= 11 is 0. The van der Waals surface area contributed by atoms with E-state index < -0.39 is 0 Å². The second kappa shape index (κ2) is 8.35. The molecule has 4 rings (SSSR count). The first-order valence-corrected chi connectivity index (χ1v) is 10.1. The molecule has 5 nitrogen and oxygen atoms in total. The predicted octanol–water partition coefficient (Wildman–Crippen LogP) is 5.14. The number of nitrogens with zero attached hydrogens (tertiary/aromatic N) is 3. The Morgan fingerprint density at radius 3 is 2.55 bits per heavy atom. The topological polar surface area (TPSA) is 49.0 Å². The first kappa shape index (κ1) is 19.0. The molecule has 5 heteroatoms. The van der Waals surface area contributed by atoms with Gasteiger partial charge < -0.3 is 9.30 Å². The van der Waals surface area contributed by atoms with Gasteiger partial charge in [-0.3, -0.25) is 4.68 Å². The summed E-state index contributed by atoms with van der Waals surface area (Å²) in [5, 5.41) is 5.94. The Hall–Kier alpha value is -3.34. The molecule has 4 aromatic rings. The van der Waals surface area contributed by atoms with Gasteiger partial charge in [0.2, 0.25) is 0 Å². The molecule has 2 heterocycles. The minimum absolute atomic E-state index is 0.334. The van der Waals surface area contributed by atoms with Gasteiger partial charge in [0.15, 0.2) is 0 Å². The van der Waals surface area contributed by atoms with E-state index in [-0.39, 0.29) is 5.97 Å². The van der Waals surface area contributed by atoms with Crippen LogP contribution in [0, 0.1) is 0 Å². The van der Waals surface area contributed by atoms with E-state index in [9.17, 15) is 4.79 Å². The lowest BCUT2D eigenvalue weighted by molar-refractivity contribution is 0.0512. The number of ether oxygens (including phenoxy) is 1. The van der Waals surface area contributed by atoms with Gasteiger partial charge in [-0.1, -0.05) is 55.5 Å². The molecule has 0 saturated heterocycles. The number of aromatic nitrogens is 3. The zero-order valence-electron chi connectivity index (χ0n) is 16.8. The summed E-state index contributed by atoms with van der Waals surface area (Å²) in [6.07, 6.45) is 3.19. The number of esters is 1.